The summed E-state index contributed by atoms with van der Waals surface area (Å²) >= 11 is 3.22. The Hall–Kier alpha value is -1.28. The van der Waals surface area contributed by atoms with Crippen LogP contribution in [0.5, 0.6) is 0 Å². The molecular formula is C15H22N4O2S2. The predicted octanol–water partition coefficient (Wildman–Crippen LogP) is 1.64. The van der Waals surface area contributed by atoms with Gasteiger partial charge >= 0.3 is 0 Å². The topological polar surface area (TPSA) is 65.5 Å². The lowest BCUT2D eigenvalue weighted by Gasteiger charge is -2.33. The van der Waals surface area contributed by atoms with Crippen LogP contribution in [0.15, 0.2) is 5.38 Å². The summed E-state index contributed by atoms with van der Waals surface area (Å²) in [4.78, 5) is 32.0. The zero-order chi connectivity index (χ0) is 16.2. The number of likely N-dealkylation sites (tertiary alicyclic amines) is 1. The molecule has 8 heteroatoms. The molecule has 2 aliphatic rings. The molecule has 0 atom stereocenters. The van der Waals surface area contributed by atoms with Gasteiger partial charge in [-0.3, -0.25) is 9.59 Å². The Morgan fingerprint density at radius 1 is 1.43 bits per heavy atom. The lowest BCUT2D eigenvalue weighted by Crippen LogP contribution is -2.46. The number of carbonyl (C=O) groups is 2. The van der Waals surface area contributed by atoms with Crippen molar-refractivity contribution in [3.63, 3.8) is 0 Å². The predicted molar refractivity (Wildman–Crippen MR) is 93.8 cm³/mol. The van der Waals surface area contributed by atoms with E-state index in [0.717, 1.165) is 43.2 Å². The van der Waals surface area contributed by atoms with Gasteiger partial charge in [-0.15, -0.1) is 23.1 Å². The molecule has 1 aromatic heterocycles. The second-order valence-electron chi connectivity index (χ2n) is 5.87. The highest BCUT2D eigenvalue weighted by molar-refractivity contribution is 8.00. The van der Waals surface area contributed by atoms with Crippen LogP contribution in [-0.4, -0.2) is 63.9 Å². The molecule has 0 spiro atoms. The molecule has 0 aromatic carbocycles. The molecular weight excluding hydrogens is 332 g/mol. The molecule has 1 N–H and O–H groups in total. The largest absolute Gasteiger partial charge is 0.359 e. The molecule has 2 fully saturated rings. The minimum absolute atomic E-state index is 0.0711. The van der Waals surface area contributed by atoms with Crippen molar-refractivity contribution in [2.75, 3.05) is 36.6 Å². The second-order valence-corrected chi connectivity index (χ2v) is 7.68. The summed E-state index contributed by atoms with van der Waals surface area (Å²) in [7, 11) is 0. The number of aromatic nitrogens is 1. The van der Waals surface area contributed by atoms with E-state index in [1.165, 1.54) is 0 Å². The monoisotopic (exact) mass is 354 g/mol. The van der Waals surface area contributed by atoms with Gasteiger partial charge in [0.25, 0.3) is 0 Å². The van der Waals surface area contributed by atoms with Gasteiger partial charge in [-0.2, -0.15) is 0 Å². The van der Waals surface area contributed by atoms with Crippen molar-refractivity contribution in [2.45, 2.75) is 32.2 Å². The van der Waals surface area contributed by atoms with E-state index in [2.05, 4.69) is 22.6 Å². The average molecular weight is 355 g/mol. The van der Waals surface area contributed by atoms with Gasteiger partial charge in [-0.05, 0) is 19.3 Å². The van der Waals surface area contributed by atoms with Crippen LogP contribution in [0.1, 0.15) is 25.5 Å². The van der Waals surface area contributed by atoms with Crippen LogP contribution in [0, 0.1) is 0 Å². The van der Waals surface area contributed by atoms with Crippen LogP contribution >= 0.6 is 23.1 Å². The highest BCUT2D eigenvalue weighted by atomic mass is 32.2. The first-order valence-electron chi connectivity index (χ1n) is 8.00. The summed E-state index contributed by atoms with van der Waals surface area (Å²) < 4.78 is 0. The van der Waals surface area contributed by atoms with Crippen LogP contribution < -0.4 is 5.32 Å². The maximum absolute atomic E-state index is 12.3. The van der Waals surface area contributed by atoms with Gasteiger partial charge in [0.2, 0.25) is 11.8 Å². The third kappa shape index (κ3) is 4.17. The molecule has 0 bridgehead atoms. The Labute approximate surface area is 144 Å². The van der Waals surface area contributed by atoms with Gasteiger partial charge in [0.05, 0.1) is 17.3 Å². The minimum Gasteiger partial charge on any atom is -0.359 e. The highest BCUT2D eigenvalue weighted by Crippen LogP contribution is 2.21. The van der Waals surface area contributed by atoms with E-state index in [1.54, 1.807) is 28.0 Å². The zero-order valence-electron chi connectivity index (χ0n) is 13.3. The summed E-state index contributed by atoms with van der Waals surface area (Å²) in [5.41, 5.74) is 1.12. The van der Waals surface area contributed by atoms with Crippen LogP contribution in [-0.2, 0) is 16.0 Å². The van der Waals surface area contributed by atoms with E-state index in [1.807, 2.05) is 4.90 Å². The first-order valence-corrected chi connectivity index (χ1v) is 10.0. The number of nitrogens with zero attached hydrogens (tertiary/aromatic N) is 3. The normalized spacial score (nSPS) is 19.4. The molecule has 3 heterocycles. The Balaban J connectivity index is 1.44. The average Bonchev–Trinajstić information content (AvgIpc) is 3.17. The quantitative estimate of drug-likeness (QED) is 0.871. The number of thiazole rings is 1. The molecule has 6 nitrogen and oxygen atoms in total. The van der Waals surface area contributed by atoms with Crippen LogP contribution in [0.3, 0.4) is 0 Å². The number of hydrogen-bond donors (Lipinski definition) is 1. The lowest BCUT2D eigenvalue weighted by molar-refractivity contribution is -0.138. The number of hydrogen-bond acceptors (Lipinski definition) is 6. The summed E-state index contributed by atoms with van der Waals surface area (Å²) in [5.74, 6) is 1.30. The third-order valence-electron chi connectivity index (χ3n) is 4.24. The van der Waals surface area contributed by atoms with Gasteiger partial charge in [0.15, 0.2) is 5.13 Å². The second kappa shape index (κ2) is 7.53. The molecule has 0 unspecified atom stereocenters. The van der Waals surface area contributed by atoms with E-state index in [0.29, 0.717) is 17.7 Å². The zero-order valence-corrected chi connectivity index (χ0v) is 14.9. The number of aryl methyl sites for hydroxylation is 1. The number of rotatable bonds is 5. The molecule has 23 heavy (non-hydrogen) atoms. The van der Waals surface area contributed by atoms with Crippen molar-refractivity contribution in [3.8, 4) is 0 Å². The van der Waals surface area contributed by atoms with Crippen LogP contribution in [0.25, 0.3) is 0 Å². The lowest BCUT2D eigenvalue weighted by atomic mass is 10.1. The molecule has 0 radical (unpaired) electrons. The van der Waals surface area contributed by atoms with Crippen molar-refractivity contribution >= 4 is 40.0 Å². The summed E-state index contributed by atoms with van der Waals surface area (Å²) in [6.45, 7) is 3.83. The van der Waals surface area contributed by atoms with Gasteiger partial charge in [0.1, 0.15) is 6.54 Å². The molecule has 0 saturated carbocycles. The Kier molecular flexibility index (Phi) is 5.42. The van der Waals surface area contributed by atoms with Crippen LogP contribution in [0.2, 0.25) is 0 Å². The fourth-order valence-corrected chi connectivity index (χ4v) is 4.56. The Bertz CT molecular complexity index is 570. The number of carbonyl (C=O) groups excluding carboxylic acids is 2. The molecule has 2 saturated heterocycles. The number of amides is 2. The first-order chi connectivity index (χ1) is 11.2. The van der Waals surface area contributed by atoms with Crippen molar-refractivity contribution in [1.29, 1.82) is 0 Å². The van der Waals surface area contributed by atoms with Crippen molar-refractivity contribution in [1.82, 2.24) is 14.8 Å². The third-order valence-corrected chi connectivity index (χ3v) is 6.01. The van der Waals surface area contributed by atoms with E-state index in [9.17, 15) is 9.59 Å². The number of nitrogens with one attached hydrogen (secondary N) is 1. The maximum atomic E-state index is 12.3. The van der Waals surface area contributed by atoms with E-state index < -0.39 is 0 Å². The smallest absolute Gasteiger partial charge is 0.242 e. The summed E-state index contributed by atoms with van der Waals surface area (Å²) in [5, 5.41) is 6.54. The Morgan fingerprint density at radius 3 is 2.83 bits per heavy atom. The highest BCUT2D eigenvalue weighted by Gasteiger charge is 2.28. The fraction of sp³-hybridized carbons (Fsp3) is 0.667. The summed E-state index contributed by atoms with van der Waals surface area (Å²) in [6.07, 6.45) is 2.81. The number of piperidine rings is 1. The Morgan fingerprint density at radius 2 is 2.22 bits per heavy atom. The number of thioether (sulfide) groups is 1. The van der Waals surface area contributed by atoms with E-state index in [4.69, 9.17) is 0 Å². The molecule has 0 aliphatic carbocycles. The fourth-order valence-electron chi connectivity index (χ4n) is 2.79. The van der Waals surface area contributed by atoms with Gasteiger partial charge in [-0.1, -0.05) is 6.92 Å². The molecule has 1 aromatic rings. The van der Waals surface area contributed by atoms with E-state index >= 15 is 0 Å². The molecule has 2 aliphatic heterocycles. The van der Waals surface area contributed by atoms with Crippen LogP contribution in [0.4, 0.5) is 5.13 Å². The van der Waals surface area contributed by atoms with Crippen molar-refractivity contribution < 1.29 is 9.59 Å². The first kappa shape index (κ1) is 16.6. The maximum Gasteiger partial charge on any atom is 0.242 e. The van der Waals surface area contributed by atoms with Crippen molar-refractivity contribution in [3.05, 3.63) is 11.1 Å². The minimum atomic E-state index is 0.0711. The molecule has 3 rings (SSSR count). The van der Waals surface area contributed by atoms with E-state index in [-0.39, 0.29) is 18.4 Å². The molecule has 126 valence electrons. The van der Waals surface area contributed by atoms with Gasteiger partial charge in [-0.25, -0.2) is 4.98 Å². The SMILES string of the molecule is CCc1csc(NC2CCN(C(=O)CN3CSCC3=O)CC2)n1. The molecule has 2 amide bonds. The summed E-state index contributed by atoms with van der Waals surface area (Å²) in [6, 6.07) is 0.374. The number of anilines is 1. The van der Waals surface area contributed by atoms with Gasteiger partial charge < -0.3 is 15.1 Å². The van der Waals surface area contributed by atoms with Gasteiger partial charge in [0, 0.05) is 24.5 Å². The standard InChI is InChI=1S/C15H22N4O2S2/c1-2-11-8-23-15(16-11)17-12-3-5-18(6-4-12)13(20)7-19-10-22-9-14(19)21/h8,12H,2-7,9-10H2,1H3,(H,16,17). The van der Waals surface area contributed by atoms with Crippen molar-refractivity contribution in [2.24, 2.45) is 0 Å².